The normalized spacial score (nSPS) is 12.4. The molecule has 21 heavy (non-hydrogen) atoms. The fraction of sp³-hybridized carbons (Fsp3) is 0.500. The summed E-state index contributed by atoms with van der Waals surface area (Å²) in [5.41, 5.74) is 0.514. The molecule has 0 heterocycles. The zero-order valence-corrected chi connectivity index (χ0v) is 13.1. The molecule has 1 atom stereocenters. The number of carbonyl (C=O) groups is 2. The zero-order valence-electron chi connectivity index (χ0n) is 13.1. The van der Waals surface area contributed by atoms with Crippen molar-refractivity contribution in [3.8, 4) is 0 Å². The van der Waals surface area contributed by atoms with Gasteiger partial charge in [-0.2, -0.15) is 0 Å². The van der Waals surface area contributed by atoms with Gasteiger partial charge >= 0.3 is 6.09 Å². The van der Waals surface area contributed by atoms with E-state index in [1.54, 1.807) is 20.8 Å². The van der Waals surface area contributed by atoms with Gasteiger partial charge < -0.3 is 15.4 Å². The van der Waals surface area contributed by atoms with E-state index in [-0.39, 0.29) is 24.9 Å². The summed E-state index contributed by atoms with van der Waals surface area (Å²) >= 11 is 0. The first-order valence-corrected chi connectivity index (χ1v) is 7.09. The highest BCUT2D eigenvalue weighted by molar-refractivity contribution is 5.77. The lowest BCUT2D eigenvalue weighted by Crippen LogP contribution is -2.35. The van der Waals surface area contributed by atoms with Crippen molar-refractivity contribution in [2.45, 2.75) is 45.8 Å². The zero-order chi connectivity index (χ0) is 15.9. The smallest absolute Gasteiger partial charge is 0.407 e. The summed E-state index contributed by atoms with van der Waals surface area (Å²) in [6.07, 6.45) is -0.289. The van der Waals surface area contributed by atoms with Crippen LogP contribution < -0.4 is 10.6 Å². The first-order valence-electron chi connectivity index (χ1n) is 7.09. The Morgan fingerprint density at radius 1 is 1.19 bits per heavy atom. The van der Waals surface area contributed by atoms with E-state index in [0.29, 0.717) is 0 Å². The van der Waals surface area contributed by atoms with Crippen LogP contribution in [0.3, 0.4) is 0 Å². The van der Waals surface area contributed by atoms with E-state index in [1.165, 1.54) is 0 Å². The third-order valence-corrected chi connectivity index (χ3v) is 2.70. The van der Waals surface area contributed by atoms with Gasteiger partial charge in [-0.15, -0.1) is 0 Å². The average Bonchev–Trinajstić information content (AvgIpc) is 2.37. The summed E-state index contributed by atoms with van der Waals surface area (Å²) in [5, 5.41) is 5.45. The fourth-order valence-corrected chi connectivity index (χ4v) is 1.73. The number of rotatable bonds is 5. The minimum absolute atomic E-state index is 0.0553. The number of ether oxygens (including phenoxy) is 1. The number of benzene rings is 1. The number of nitrogens with one attached hydrogen (secondary N) is 2. The summed E-state index contributed by atoms with van der Waals surface area (Å²) < 4.78 is 5.09. The van der Waals surface area contributed by atoms with E-state index in [4.69, 9.17) is 4.74 Å². The molecule has 0 bridgehead atoms. The Morgan fingerprint density at radius 2 is 1.81 bits per heavy atom. The molecule has 116 valence electrons. The summed E-state index contributed by atoms with van der Waals surface area (Å²) in [6, 6.07) is 9.67. The van der Waals surface area contributed by atoms with Gasteiger partial charge in [-0.25, -0.2) is 4.79 Å². The van der Waals surface area contributed by atoms with Gasteiger partial charge in [-0.3, -0.25) is 4.79 Å². The molecular weight excluding hydrogens is 268 g/mol. The van der Waals surface area contributed by atoms with E-state index in [9.17, 15) is 9.59 Å². The Morgan fingerprint density at radius 3 is 2.38 bits per heavy atom. The lowest BCUT2D eigenvalue weighted by molar-refractivity contribution is -0.121. The Hall–Kier alpha value is -2.04. The van der Waals surface area contributed by atoms with Gasteiger partial charge in [-0.05, 0) is 33.3 Å². The molecule has 0 saturated carbocycles. The highest BCUT2D eigenvalue weighted by Crippen LogP contribution is 2.11. The van der Waals surface area contributed by atoms with Crippen molar-refractivity contribution >= 4 is 12.0 Å². The van der Waals surface area contributed by atoms with Crippen molar-refractivity contribution in [1.82, 2.24) is 10.6 Å². The lowest BCUT2D eigenvalue weighted by atomic mass is 10.1. The molecule has 1 aromatic rings. The maximum atomic E-state index is 11.8. The lowest BCUT2D eigenvalue weighted by Gasteiger charge is -2.19. The molecule has 0 aliphatic rings. The SMILES string of the molecule is CC(NC(=O)CCNC(=O)OC(C)(C)C)c1ccccc1. The predicted molar refractivity (Wildman–Crippen MR) is 81.9 cm³/mol. The van der Waals surface area contributed by atoms with Crippen molar-refractivity contribution in [2.75, 3.05) is 6.54 Å². The van der Waals surface area contributed by atoms with Gasteiger partial charge in [0.25, 0.3) is 0 Å². The molecule has 5 heteroatoms. The van der Waals surface area contributed by atoms with Crippen molar-refractivity contribution in [3.63, 3.8) is 0 Å². The van der Waals surface area contributed by atoms with Gasteiger partial charge in [0.05, 0.1) is 6.04 Å². The van der Waals surface area contributed by atoms with E-state index in [2.05, 4.69) is 10.6 Å². The van der Waals surface area contributed by atoms with E-state index in [1.807, 2.05) is 37.3 Å². The molecule has 1 aromatic carbocycles. The maximum absolute atomic E-state index is 11.8. The van der Waals surface area contributed by atoms with Crippen LogP contribution in [0.5, 0.6) is 0 Å². The number of hydrogen-bond acceptors (Lipinski definition) is 3. The van der Waals surface area contributed by atoms with Crippen LogP contribution in [0.25, 0.3) is 0 Å². The van der Waals surface area contributed by atoms with Gasteiger partial charge in [0, 0.05) is 13.0 Å². The molecule has 1 rings (SSSR count). The van der Waals surface area contributed by atoms with Crippen LogP contribution in [0.4, 0.5) is 4.79 Å². The second-order valence-electron chi connectivity index (χ2n) is 5.88. The second kappa shape index (κ2) is 7.67. The second-order valence-corrected chi connectivity index (χ2v) is 5.88. The Balaban J connectivity index is 2.27. The third-order valence-electron chi connectivity index (χ3n) is 2.70. The average molecular weight is 292 g/mol. The van der Waals surface area contributed by atoms with Crippen molar-refractivity contribution < 1.29 is 14.3 Å². The van der Waals surface area contributed by atoms with Crippen LogP contribution in [0.15, 0.2) is 30.3 Å². The Kier molecular flexibility index (Phi) is 6.21. The highest BCUT2D eigenvalue weighted by atomic mass is 16.6. The van der Waals surface area contributed by atoms with Gasteiger partial charge in [0.2, 0.25) is 5.91 Å². The predicted octanol–water partition coefficient (Wildman–Crippen LogP) is 2.78. The topological polar surface area (TPSA) is 67.4 Å². The molecule has 0 aliphatic carbocycles. The molecule has 0 radical (unpaired) electrons. The quantitative estimate of drug-likeness (QED) is 0.877. The van der Waals surface area contributed by atoms with E-state index < -0.39 is 11.7 Å². The van der Waals surface area contributed by atoms with Crippen LogP contribution in [-0.4, -0.2) is 24.1 Å². The summed E-state index contributed by atoms with van der Waals surface area (Å²) in [6.45, 7) is 7.55. The molecule has 0 aliphatic heterocycles. The maximum Gasteiger partial charge on any atom is 0.407 e. The van der Waals surface area contributed by atoms with Gasteiger partial charge in [0.1, 0.15) is 5.60 Å². The monoisotopic (exact) mass is 292 g/mol. The standard InChI is InChI=1S/C16H24N2O3/c1-12(13-8-6-5-7-9-13)18-14(19)10-11-17-15(20)21-16(2,3)4/h5-9,12H,10-11H2,1-4H3,(H,17,20)(H,18,19). The summed E-state index contributed by atoms with van der Waals surface area (Å²) in [5.74, 6) is -0.109. The highest BCUT2D eigenvalue weighted by Gasteiger charge is 2.16. The van der Waals surface area contributed by atoms with Crippen LogP contribution in [0, 0.1) is 0 Å². The first kappa shape index (κ1) is 17.0. The largest absolute Gasteiger partial charge is 0.444 e. The van der Waals surface area contributed by atoms with E-state index >= 15 is 0 Å². The molecule has 2 amide bonds. The number of amides is 2. The Bertz CT molecular complexity index is 466. The molecule has 2 N–H and O–H groups in total. The first-order chi connectivity index (χ1) is 9.78. The molecule has 0 aromatic heterocycles. The molecule has 1 unspecified atom stereocenters. The molecule has 0 fully saturated rings. The van der Waals surface area contributed by atoms with Crippen LogP contribution in [0.1, 0.15) is 45.7 Å². The number of hydrogen-bond donors (Lipinski definition) is 2. The minimum Gasteiger partial charge on any atom is -0.444 e. The van der Waals surface area contributed by atoms with Crippen molar-refractivity contribution in [1.29, 1.82) is 0 Å². The van der Waals surface area contributed by atoms with Crippen molar-refractivity contribution in [2.24, 2.45) is 0 Å². The molecular formula is C16H24N2O3. The minimum atomic E-state index is -0.534. The summed E-state index contributed by atoms with van der Waals surface area (Å²) in [7, 11) is 0. The molecule has 0 spiro atoms. The van der Waals surface area contributed by atoms with Crippen molar-refractivity contribution in [3.05, 3.63) is 35.9 Å². The van der Waals surface area contributed by atoms with Crippen LogP contribution >= 0.6 is 0 Å². The molecule has 0 saturated heterocycles. The number of carbonyl (C=O) groups excluding carboxylic acids is 2. The van der Waals surface area contributed by atoms with Crippen LogP contribution in [0.2, 0.25) is 0 Å². The van der Waals surface area contributed by atoms with E-state index in [0.717, 1.165) is 5.56 Å². The van der Waals surface area contributed by atoms with Crippen LogP contribution in [-0.2, 0) is 9.53 Å². The fourth-order valence-electron chi connectivity index (χ4n) is 1.73. The van der Waals surface area contributed by atoms with Gasteiger partial charge in [0.15, 0.2) is 0 Å². The third kappa shape index (κ3) is 7.34. The van der Waals surface area contributed by atoms with Gasteiger partial charge in [-0.1, -0.05) is 30.3 Å². The number of alkyl carbamates (subject to hydrolysis) is 1. The molecule has 5 nitrogen and oxygen atoms in total. The Labute approximate surface area is 126 Å². The summed E-state index contributed by atoms with van der Waals surface area (Å²) in [4.78, 5) is 23.2.